The van der Waals surface area contributed by atoms with Crippen molar-refractivity contribution in [2.75, 3.05) is 18.1 Å². The van der Waals surface area contributed by atoms with Gasteiger partial charge in [-0.05, 0) is 37.0 Å². The summed E-state index contributed by atoms with van der Waals surface area (Å²) in [7, 11) is -3.02. The van der Waals surface area contributed by atoms with Crippen LogP contribution in [0.3, 0.4) is 0 Å². The van der Waals surface area contributed by atoms with E-state index < -0.39 is 21.7 Å². The molecule has 1 heterocycles. The van der Waals surface area contributed by atoms with Crippen molar-refractivity contribution in [2.45, 2.75) is 25.8 Å². The Labute approximate surface area is 146 Å². The zero-order valence-electron chi connectivity index (χ0n) is 13.3. The minimum atomic E-state index is -3.02. The predicted molar refractivity (Wildman–Crippen MR) is 90.3 cm³/mol. The summed E-state index contributed by atoms with van der Waals surface area (Å²) in [5, 5.41) is 3.33. The second-order valence-electron chi connectivity index (χ2n) is 5.97. The van der Waals surface area contributed by atoms with E-state index in [1.165, 1.54) is 0 Å². The van der Waals surface area contributed by atoms with Gasteiger partial charge in [0, 0.05) is 11.4 Å². The average Bonchev–Trinajstić information content (AvgIpc) is 2.84. The van der Waals surface area contributed by atoms with E-state index >= 15 is 0 Å². The maximum atomic E-state index is 11.8. The van der Waals surface area contributed by atoms with E-state index in [0.717, 1.165) is 5.56 Å². The number of esters is 1. The number of hydrogen-bond acceptors (Lipinski definition) is 5. The Balaban J connectivity index is 1.72. The molecule has 0 aromatic heterocycles. The Bertz CT molecular complexity index is 702. The van der Waals surface area contributed by atoms with Crippen molar-refractivity contribution in [1.29, 1.82) is 0 Å². The first-order chi connectivity index (χ1) is 11.2. The fraction of sp³-hybridized carbons (Fsp3) is 0.500. The number of ether oxygens (including phenoxy) is 1. The number of rotatable bonds is 6. The lowest BCUT2D eigenvalue weighted by atomic mass is 10.1. The number of benzene rings is 1. The van der Waals surface area contributed by atoms with Gasteiger partial charge in [0.15, 0.2) is 16.4 Å². The van der Waals surface area contributed by atoms with Crippen molar-refractivity contribution in [3.8, 4) is 0 Å². The van der Waals surface area contributed by atoms with Gasteiger partial charge in [-0.2, -0.15) is 0 Å². The van der Waals surface area contributed by atoms with Crippen molar-refractivity contribution in [1.82, 2.24) is 5.32 Å². The van der Waals surface area contributed by atoms with Gasteiger partial charge in [-0.25, -0.2) is 8.42 Å². The number of nitrogens with one attached hydrogen (secondary N) is 1. The molecule has 8 heteroatoms. The van der Waals surface area contributed by atoms with Crippen LogP contribution in [0.5, 0.6) is 0 Å². The predicted octanol–water partition coefficient (Wildman–Crippen LogP) is 1.89. The number of carbonyl (C=O) groups excluding carboxylic acids is 2. The Morgan fingerprint density at radius 3 is 2.58 bits per heavy atom. The zero-order valence-corrected chi connectivity index (χ0v) is 14.9. The topological polar surface area (TPSA) is 89.5 Å². The summed E-state index contributed by atoms with van der Waals surface area (Å²) >= 11 is 5.81. The fourth-order valence-corrected chi connectivity index (χ4v) is 4.58. The molecule has 2 rings (SSSR count). The molecule has 1 aliphatic rings. The van der Waals surface area contributed by atoms with Crippen LogP contribution in [0.4, 0.5) is 0 Å². The maximum absolute atomic E-state index is 11.8. The Morgan fingerprint density at radius 1 is 1.33 bits per heavy atom. The van der Waals surface area contributed by atoms with Crippen LogP contribution in [0.15, 0.2) is 24.3 Å². The summed E-state index contributed by atoms with van der Waals surface area (Å²) in [5.41, 5.74) is 0.884. The average molecular weight is 374 g/mol. The lowest BCUT2D eigenvalue weighted by Gasteiger charge is -2.15. The van der Waals surface area contributed by atoms with Crippen molar-refractivity contribution in [2.24, 2.45) is 5.92 Å². The smallest absolute Gasteiger partial charge is 0.306 e. The first-order valence-corrected chi connectivity index (χ1v) is 9.86. The van der Waals surface area contributed by atoms with Gasteiger partial charge in [0.05, 0.1) is 17.5 Å². The molecule has 2 atom stereocenters. The molecular weight excluding hydrogens is 354 g/mol. The van der Waals surface area contributed by atoms with Gasteiger partial charge in [0.1, 0.15) is 0 Å². The normalized spacial score (nSPS) is 20.3. The van der Waals surface area contributed by atoms with Crippen LogP contribution < -0.4 is 5.32 Å². The van der Waals surface area contributed by atoms with E-state index in [1.807, 2.05) is 6.92 Å². The lowest BCUT2D eigenvalue weighted by Crippen LogP contribution is -2.31. The van der Waals surface area contributed by atoms with Gasteiger partial charge in [-0.1, -0.05) is 23.7 Å². The van der Waals surface area contributed by atoms with Gasteiger partial charge < -0.3 is 10.1 Å². The highest BCUT2D eigenvalue weighted by Crippen LogP contribution is 2.22. The van der Waals surface area contributed by atoms with Crippen LogP contribution in [0.2, 0.25) is 5.02 Å². The Hall–Kier alpha value is -1.60. The molecule has 0 spiro atoms. The number of sulfone groups is 1. The Morgan fingerprint density at radius 2 is 2.00 bits per heavy atom. The third kappa shape index (κ3) is 5.79. The standard InChI is InChI=1S/C16H20ClNO5S/c1-11(13-2-4-14(17)5-3-13)18-15(19)9-23-16(20)8-12-6-7-24(21,22)10-12/h2-5,11-12H,6-10H2,1H3,(H,18,19). The van der Waals surface area contributed by atoms with Gasteiger partial charge in [-0.3, -0.25) is 9.59 Å². The number of halogens is 1. The van der Waals surface area contributed by atoms with Gasteiger partial charge in [0.25, 0.3) is 5.91 Å². The van der Waals surface area contributed by atoms with Crippen LogP contribution in [0.25, 0.3) is 0 Å². The number of carbonyl (C=O) groups is 2. The van der Waals surface area contributed by atoms with Crippen LogP contribution in [-0.2, 0) is 24.2 Å². The maximum Gasteiger partial charge on any atom is 0.306 e. The summed E-state index contributed by atoms with van der Waals surface area (Å²) in [4.78, 5) is 23.5. The molecule has 1 N–H and O–H groups in total. The first kappa shape index (κ1) is 18.7. The van der Waals surface area contributed by atoms with E-state index in [9.17, 15) is 18.0 Å². The van der Waals surface area contributed by atoms with E-state index in [0.29, 0.717) is 11.4 Å². The Kier molecular flexibility index (Phi) is 6.23. The molecule has 1 fully saturated rings. The summed E-state index contributed by atoms with van der Waals surface area (Å²) < 4.78 is 27.6. The molecule has 0 radical (unpaired) electrons. The van der Waals surface area contributed by atoms with Crippen LogP contribution in [0, 0.1) is 5.92 Å². The lowest BCUT2D eigenvalue weighted by molar-refractivity contribution is -0.149. The highest BCUT2D eigenvalue weighted by atomic mass is 35.5. The van der Waals surface area contributed by atoms with Crippen LogP contribution in [-0.4, -0.2) is 38.4 Å². The molecule has 24 heavy (non-hydrogen) atoms. The monoisotopic (exact) mass is 373 g/mol. The molecule has 1 amide bonds. The third-order valence-electron chi connectivity index (χ3n) is 3.89. The molecule has 0 saturated carbocycles. The van der Waals surface area contributed by atoms with Crippen molar-refractivity contribution >= 4 is 33.3 Å². The SMILES string of the molecule is CC(NC(=O)COC(=O)CC1CCS(=O)(=O)C1)c1ccc(Cl)cc1. The van der Waals surface area contributed by atoms with Crippen molar-refractivity contribution < 1.29 is 22.7 Å². The molecule has 1 saturated heterocycles. The van der Waals surface area contributed by atoms with Gasteiger partial charge in [-0.15, -0.1) is 0 Å². The second kappa shape index (κ2) is 7.98. The summed E-state index contributed by atoms with van der Waals surface area (Å²) in [6, 6.07) is 6.83. The van der Waals surface area contributed by atoms with E-state index in [4.69, 9.17) is 16.3 Å². The molecule has 1 aromatic carbocycles. The molecule has 0 aliphatic carbocycles. The quantitative estimate of drug-likeness (QED) is 0.769. The summed E-state index contributed by atoms with van der Waals surface area (Å²) in [6.45, 7) is 1.43. The highest BCUT2D eigenvalue weighted by Gasteiger charge is 2.30. The number of amides is 1. The molecule has 1 aliphatic heterocycles. The molecular formula is C16H20ClNO5S. The third-order valence-corrected chi connectivity index (χ3v) is 5.98. The van der Waals surface area contributed by atoms with Gasteiger partial charge >= 0.3 is 5.97 Å². The molecule has 0 bridgehead atoms. The van der Waals surface area contributed by atoms with Crippen LogP contribution >= 0.6 is 11.6 Å². The summed E-state index contributed by atoms with van der Waals surface area (Å²) in [6.07, 6.45) is 0.497. The molecule has 132 valence electrons. The minimum absolute atomic E-state index is 0.0158. The van der Waals surface area contributed by atoms with Crippen LogP contribution in [0.1, 0.15) is 31.4 Å². The summed E-state index contributed by atoms with van der Waals surface area (Å²) in [5.74, 6) is -1.04. The van der Waals surface area contributed by atoms with Gasteiger partial charge in [0.2, 0.25) is 0 Å². The first-order valence-electron chi connectivity index (χ1n) is 7.66. The fourth-order valence-electron chi connectivity index (χ4n) is 2.59. The van der Waals surface area contributed by atoms with E-state index in [1.54, 1.807) is 24.3 Å². The molecule has 1 aromatic rings. The van der Waals surface area contributed by atoms with Crippen molar-refractivity contribution in [3.05, 3.63) is 34.9 Å². The second-order valence-corrected chi connectivity index (χ2v) is 8.64. The molecule has 6 nitrogen and oxygen atoms in total. The largest absolute Gasteiger partial charge is 0.456 e. The zero-order chi connectivity index (χ0) is 17.7. The minimum Gasteiger partial charge on any atom is -0.456 e. The molecule has 2 unspecified atom stereocenters. The van der Waals surface area contributed by atoms with E-state index in [2.05, 4.69) is 5.32 Å². The number of hydrogen-bond donors (Lipinski definition) is 1. The highest BCUT2D eigenvalue weighted by molar-refractivity contribution is 7.91. The van der Waals surface area contributed by atoms with Crippen molar-refractivity contribution in [3.63, 3.8) is 0 Å². The van der Waals surface area contributed by atoms with E-state index in [-0.39, 0.29) is 36.5 Å².